The van der Waals surface area contributed by atoms with Crippen molar-refractivity contribution in [1.82, 2.24) is 4.90 Å². The highest BCUT2D eigenvalue weighted by molar-refractivity contribution is 5.99. The number of carbonyl (C=O) groups excluding carboxylic acids is 2. The fourth-order valence-corrected chi connectivity index (χ4v) is 10.3. The van der Waals surface area contributed by atoms with Gasteiger partial charge in [-0.1, -0.05) is 38.2 Å². The predicted octanol–water partition coefficient (Wildman–Crippen LogP) is 5.39. The second-order valence-corrected chi connectivity index (χ2v) is 16.6. The van der Waals surface area contributed by atoms with Crippen LogP contribution >= 0.6 is 0 Å². The molecule has 0 amide bonds. The Hall–Kier alpha value is -1.96. The lowest BCUT2D eigenvalue weighted by molar-refractivity contribution is -0.311. The van der Waals surface area contributed by atoms with Crippen LogP contribution in [-0.4, -0.2) is 118 Å². The maximum Gasteiger partial charge on any atom is 0.307 e. The first-order valence-electron chi connectivity index (χ1n) is 20.3. The van der Waals surface area contributed by atoms with Gasteiger partial charge in [-0.3, -0.25) is 9.59 Å². The third kappa shape index (κ3) is 8.88. The summed E-state index contributed by atoms with van der Waals surface area (Å²) in [5.74, 6) is -0.284. The van der Waals surface area contributed by atoms with Crippen molar-refractivity contribution in [1.29, 1.82) is 0 Å². The van der Waals surface area contributed by atoms with Crippen molar-refractivity contribution < 1.29 is 47.9 Å². The van der Waals surface area contributed by atoms with E-state index in [1.54, 1.807) is 14.2 Å². The van der Waals surface area contributed by atoms with Crippen LogP contribution in [0.2, 0.25) is 0 Å². The van der Waals surface area contributed by atoms with Crippen molar-refractivity contribution in [3.8, 4) is 0 Å². The summed E-state index contributed by atoms with van der Waals surface area (Å²) >= 11 is 0. The van der Waals surface area contributed by atoms with E-state index in [1.165, 1.54) is 0 Å². The van der Waals surface area contributed by atoms with Crippen molar-refractivity contribution >= 4 is 11.8 Å². The minimum Gasteiger partial charge on any atom is -0.458 e. The minimum absolute atomic E-state index is 0.00750. The van der Waals surface area contributed by atoms with Gasteiger partial charge in [-0.2, -0.15) is 0 Å². The fourth-order valence-electron chi connectivity index (χ4n) is 10.3. The monoisotopic (exact) mass is 743 g/mol. The van der Waals surface area contributed by atoms with E-state index < -0.39 is 30.5 Å². The molecular weight excluding hydrogens is 678 g/mol. The van der Waals surface area contributed by atoms with Crippen LogP contribution < -0.4 is 0 Å². The average molecular weight is 744 g/mol. The number of likely N-dealkylation sites (N-methyl/N-ethyl adjacent to an activating group) is 1. The number of methoxy groups -OCH3 is 2. The number of hydrogen-bond donors (Lipinski definition) is 1. The first-order chi connectivity index (χ1) is 25.4. The summed E-state index contributed by atoms with van der Waals surface area (Å²) in [6, 6.07) is 0.325. The van der Waals surface area contributed by atoms with E-state index >= 15 is 0 Å². The average Bonchev–Trinajstić information content (AvgIpc) is 3.70. The molecular formula is C42H65NO10. The molecule has 0 aromatic heterocycles. The zero-order valence-electron chi connectivity index (χ0n) is 33.1. The lowest BCUT2D eigenvalue weighted by atomic mass is 9.70. The molecule has 1 saturated carbocycles. The van der Waals surface area contributed by atoms with E-state index in [1.807, 2.05) is 19.9 Å². The number of carbonyl (C=O) groups is 2. The number of cyclic esters (lactones) is 1. The number of ketones is 1. The lowest BCUT2D eigenvalue weighted by Gasteiger charge is -2.42. The summed E-state index contributed by atoms with van der Waals surface area (Å²) in [5.41, 5.74) is 0.733. The zero-order valence-corrected chi connectivity index (χ0v) is 33.1. The molecule has 53 heavy (non-hydrogen) atoms. The van der Waals surface area contributed by atoms with Crippen LogP contribution in [0.5, 0.6) is 0 Å². The van der Waals surface area contributed by atoms with Gasteiger partial charge in [0.15, 0.2) is 18.4 Å². The number of hydrogen-bond acceptors (Lipinski definition) is 11. The Morgan fingerprint density at radius 2 is 1.70 bits per heavy atom. The molecule has 0 aromatic carbocycles. The van der Waals surface area contributed by atoms with E-state index in [-0.39, 0.29) is 84.6 Å². The third-order valence-electron chi connectivity index (χ3n) is 13.1. The molecule has 3 heterocycles. The largest absolute Gasteiger partial charge is 0.458 e. The van der Waals surface area contributed by atoms with Gasteiger partial charge in [-0.05, 0) is 115 Å². The van der Waals surface area contributed by atoms with E-state index in [0.717, 1.165) is 44.1 Å². The fraction of sp³-hybridized carbons (Fsp3) is 0.810. The highest BCUT2D eigenvalue weighted by Crippen LogP contribution is 2.54. The van der Waals surface area contributed by atoms with Crippen molar-refractivity contribution in [2.45, 2.75) is 153 Å². The summed E-state index contributed by atoms with van der Waals surface area (Å²) in [4.78, 5) is 30.5. The number of fused-ring (bicyclic) bond motifs is 5. The van der Waals surface area contributed by atoms with Gasteiger partial charge in [0.1, 0.15) is 24.4 Å². The van der Waals surface area contributed by atoms with E-state index in [0.29, 0.717) is 18.9 Å². The van der Waals surface area contributed by atoms with Gasteiger partial charge in [-0.15, -0.1) is 0 Å². The predicted molar refractivity (Wildman–Crippen MR) is 199 cm³/mol. The van der Waals surface area contributed by atoms with Crippen LogP contribution in [0.25, 0.3) is 0 Å². The molecule has 0 spiro atoms. The molecule has 17 atom stereocenters. The maximum atomic E-state index is 14.7. The molecule has 6 rings (SSSR count). The van der Waals surface area contributed by atoms with Crippen LogP contribution in [0.3, 0.4) is 0 Å². The second-order valence-electron chi connectivity index (χ2n) is 16.6. The molecule has 6 aliphatic rings. The Balaban J connectivity index is 1.22. The van der Waals surface area contributed by atoms with E-state index in [9.17, 15) is 14.7 Å². The van der Waals surface area contributed by atoms with Crippen molar-refractivity contribution in [3.63, 3.8) is 0 Å². The summed E-state index contributed by atoms with van der Waals surface area (Å²) in [5, 5.41) is 11.0. The van der Waals surface area contributed by atoms with Gasteiger partial charge in [0.25, 0.3) is 0 Å². The Morgan fingerprint density at radius 1 is 0.925 bits per heavy atom. The molecule has 4 fully saturated rings. The summed E-state index contributed by atoms with van der Waals surface area (Å²) in [6.07, 6.45) is 12.9. The molecule has 3 aliphatic carbocycles. The van der Waals surface area contributed by atoms with Gasteiger partial charge in [-0.25, -0.2) is 0 Å². The second kappa shape index (κ2) is 17.9. The van der Waals surface area contributed by atoms with Gasteiger partial charge in [0.2, 0.25) is 0 Å². The summed E-state index contributed by atoms with van der Waals surface area (Å²) < 4.78 is 43.1. The number of ether oxygens (including phenoxy) is 7. The lowest BCUT2D eigenvalue weighted by Crippen LogP contribution is -2.59. The third-order valence-corrected chi connectivity index (χ3v) is 13.1. The van der Waals surface area contributed by atoms with E-state index in [4.69, 9.17) is 33.2 Å². The molecule has 11 nitrogen and oxygen atoms in total. The van der Waals surface area contributed by atoms with Crippen LogP contribution in [-0.2, 0) is 42.7 Å². The SMILES string of the molecule is CC/C=C/[C@H]1CCC[C@H](OC2CC[C@H](N(C)C)[C@@H](C)O2)[C@@H](C)C(=O)C2=CC3C(C=CC4C[C@H](O[C@H]5O[C@@H](C)[C@H](OC)[C@@H](O)[C@H]5OC)CC43)C2CC(=O)O1. The Bertz CT molecular complexity index is 1350. The van der Waals surface area contributed by atoms with Crippen molar-refractivity contribution in [2.24, 2.45) is 35.5 Å². The Morgan fingerprint density at radius 3 is 2.40 bits per heavy atom. The normalized spacial score (nSPS) is 45.2. The van der Waals surface area contributed by atoms with Crippen molar-refractivity contribution in [3.05, 3.63) is 36.0 Å². The van der Waals surface area contributed by atoms with Crippen LogP contribution in [0.4, 0.5) is 0 Å². The summed E-state index contributed by atoms with van der Waals surface area (Å²) in [7, 11) is 7.27. The van der Waals surface area contributed by atoms with Gasteiger partial charge in [0.05, 0.1) is 30.8 Å². The van der Waals surface area contributed by atoms with E-state index in [2.05, 4.69) is 57.1 Å². The van der Waals surface area contributed by atoms with Crippen LogP contribution in [0.1, 0.15) is 85.5 Å². The molecule has 298 valence electrons. The number of nitrogens with zero attached hydrogens (tertiary/aromatic N) is 1. The van der Waals surface area contributed by atoms with Crippen LogP contribution in [0.15, 0.2) is 36.0 Å². The summed E-state index contributed by atoms with van der Waals surface area (Å²) in [6.45, 7) is 8.05. The molecule has 0 aromatic rings. The number of aliphatic hydroxyl groups is 1. The molecule has 0 bridgehead atoms. The van der Waals surface area contributed by atoms with Gasteiger partial charge >= 0.3 is 5.97 Å². The highest BCUT2D eigenvalue weighted by atomic mass is 16.7. The minimum atomic E-state index is -0.885. The molecule has 11 heteroatoms. The molecule has 0 radical (unpaired) electrons. The van der Waals surface area contributed by atoms with Gasteiger partial charge in [0, 0.05) is 32.1 Å². The Kier molecular flexibility index (Phi) is 13.7. The maximum absolute atomic E-state index is 14.7. The highest BCUT2D eigenvalue weighted by Gasteiger charge is 2.52. The quantitative estimate of drug-likeness (QED) is 0.242. The number of esters is 1. The molecule has 6 unspecified atom stereocenters. The number of allylic oxidation sites excluding steroid dienone is 5. The molecule has 3 saturated heterocycles. The van der Waals surface area contributed by atoms with Crippen LogP contribution in [0, 0.1) is 35.5 Å². The van der Waals surface area contributed by atoms with Gasteiger partial charge < -0.3 is 43.2 Å². The number of Topliss-reactive ketones (excluding diaryl/α,β-unsaturated/α-hetero) is 1. The Labute approximate surface area is 316 Å². The number of rotatable bonds is 9. The first kappa shape index (κ1) is 40.7. The zero-order chi connectivity index (χ0) is 38.0. The molecule has 3 aliphatic heterocycles. The van der Waals surface area contributed by atoms with Crippen molar-refractivity contribution in [2.75, 3.05) is 28.3 Å². The molecule has 1 N–H and O–H groups in total. The standard InChI is InChI=1S/C42H65NO10/c1-9-10-12-27-13-11-14-35(53-37-18-17-34(43(5)6)24(3)49-37)23(2)38(45)33-21-31-29(32(33)22-36(44)51-27)16-15-26-19-28(20-30(26)31)52-42-41(48-8)39(46)40(47-7)25(4)50-42/h10,12,15-16,21,23-32,34-35,37,39-42,46H,9,11,13-14,17-20,22H2,1-8H3/b12-10+/t23-,24-,25+,26?,27+,28+,29?,30?,31?,32?,34+,35+,37?,39-,40+,41-,42-/m1/s1. The smallest absolute Gasteiger partial charge is 0.307 e. The topological polar surface area (TPSA) is 122 Å². The first-order valence-corrected chi connectivity index (χ1v) is 20.3. The number of aliphatic hydroxyl groups excluding tert-OH is 1.